The van der Waals surface area contributed by atoms with Gasteiger partial charge in [0.2, 0.25) is 0 Å². The first kappa shape index (κ1) is 10.6. The second kappa shape index (κ2) is 4.04. The zero-order valence-corrected chi connectivity index (χ0v) is 10.4. The number of likely N-dealkylation sites (N-methyl/N-ethyl adjacent to an activating group) is 1. The minimum Gasteiger partial charge on any atom is -0.318 e. The maximum absolute atomic E-state index is 6.48. The molecule has 16 heavy (non-hydrogen) atoms. The van der Waals surface area contributed by atoms with Crippen molar-refractivity contribution in [2.45, 2.75) is 44.1 Å². The summed E-state index contributed by atoms with van der Waals surface area (Å²) in [5.74, 6) is 1.86. The van der Waals surface area contributed by atoms with E-state index in [0.717, 1.165) is 18.1 Å². The SMILES string of the molecule is CNCC1CCCc2nc(C3CC3)c(Cl)n21. The number of hydrogen-bond acceptors (Lipinski definition) is 2. The summed E-state index contributed by atoms with van der Waals surface area (Å²) in [5, 5.41) is 4.17. The molecule has 1 unspecified atom stereocenters. The fourth-order valence-corrected chi connectivity index (χ4v) is 3.13. The summed E-state index contributed by atoms with van der Waals surface area (Å²) in [4.78, 5) is 4.75. The Morgan fingerprint density at radius 1 is 1.44 bits per heavy atom. The topological polar surface area (TPSA) is 29.9 Å². The lowest BCUT2D eigenvalue weighted by Gasteiger charge is -2.25. The molecule has 0 radical (unpaired) electrons. The third kappa shape index (κ3) is 1.66. The Kier molecular flexibility index (Phi) is 2.68. The van der Waals surface area contributed by atoms with Crippen molar-refractivity contribution in [2.24, 2.45) is 0 Å². The number of halogens is 1. The Morgan fingerprint density at radius 2 is 2.25 bits per heavy atom. The minimum absolute atomic E-state index is 0.501. The lowest BCUT2D eigenvalue weighted by molar-refractivity contribution is 0.386. The standard InChI is InChI=1S/C12H18ClN3/c1-14-7-9-3-2-4-10-15-11(8-5-6-8)12(13)16(9)10/h8-9,14H,2-7H2,1H3. The molecule has 1 aromatic heterocycles. The molecule has 1 aliphatic carbocycles. The van der Waals surface area contributed by atoms with E-state index >= 15 is 0 Å². The van der Waals surface area contributed by atoms with Crippen LogP contribution in [0.3, 0.4) is 0 Å². The van der Waals surface area contributed by atoms with Gasteiger partial charge in [-0.2, -0.15) is 0 Å². The van der Waals surface area contributed by atoms with Gasteiger partial charge in [0, 0.05) is 24.9 Å². The molecule has 3 nitrogen and oxygen atoms in total. The summed E-state index contributed by atoms with van der Waals surface area (Å²) < 4.78 is 2.27. The van der Waals surface area contributed by atoms with E-state index < -0.39 is 0 Å². The molecule has 1 atom stereocenters. The van der Waals surface area contributed by atoms with Crippen molar-refractivity contribution in [3.63, 3.8) is 0 Å². The highest BCUT2D eigenvalue weighted by atomic mass is 35.5. The highest BCUT2D eigenvalue weighted by Gasteiger charge is 2.33. The van der Waals surface area contributed by atoms with E-state index in [2.05, 4.69) is 9.88 Å². The molecule has 88 valence electrons. The highest BCUT2D eigenvalue weighted by Crippen LogP contribution is 2.44. The summed E-state index contributed by atoms with van der Waals surface area (Å²) >= 11 is 6.48. The fraction of sp³-hybridized carbons (Fsp3) is 0.750. The molecule has 1 aliphatic heterocycles. The van der Waals surface area contributed by atoms with Gasteiger partial charge in [0.1, 0.15) is 11.0 Å². The average molecular weight is 240 g/mol. The van der Waals surface area contributed by atoms with Crippen molar-refractivity contribution in [3.8, 4) is 0 Å². The van der Waals surface area contributed by atoms with Gasteiger partial charge in [-0.25, -0.2) is 4.98 Å². The van der Waals surface area contributed by atoms with Crippen LogP contribution >= 0.6 is 11.6 Å². The van der Waals surface area contributed by atoms with Crippen LogP contribution < -0.4 is 5.32 Å². The summed E-state index contributed by atoms with van der Waals surface area (Å²) in [6.45, 7) is 0.993. The van der Waals surface area contributed by atoms with Gasteiger partial charge >= 0.3 is 0 Å². The van der Waals surface area contributed by atoms with E-state index in [0.29, 0.717) is 12.0 Å². The predicted molar refractivity (Wildman–Crippen MR) is 65.1 cm³/mol. The Morgan fingerprint density at radius 3 is 2.94 bits per heavy atom. The molecule has 2 aliphatic rings. The Balaban J connectivity index is 1.98. The molecule has 0 amide bonds. The normalized spacial score (nSPS) is 24.5. The largest absolute Gasteiger partial charge is 0.318 e. The van der Waals surface area contributed by atoms with Crippen LogP contribution in [0.1, 0.15) is 49.2 Å². The van der Waals surface area contributed by atoms with Crippen molar-refractivity contribution in [1.29, 1.82) is 0 Å². The number of nitrogens with zero attached hydrogens (tertiary/aromatic N) is 2. The number of aromatic nitrogens is 2. The van der Waals surface area contributed by atoms with E-state index in [1.54, 1.807) is 0 Å². The van der Waals surface area contributed by atoms with Crippen LogP contribution in [0.5, 0.6) is 0 Å². The second-order valence-corrected chi connectivity index (χ2v) is 5.31. The van der Waals surface area contributed by atoms with Crippen molar-refractivity contribution >= 4 is 11.6 Å². The summed E-state index contributed by atoms with van der Waals surface area (Å²) in [5.41, 5.74) is 1.17. The van der Waals surface area contributed by atoms with Gasteiger partial charge in [0.15, 0.2) is 0 Å². The van der Waals surface area contributed by atoms with E-state index in [1.807, 2.05) is 7.05 Å². The van der Waals surface area contributed by atoms with Gasteiger partial charge in [0.05, 0.1) is 5.69 Å². The first-order chi connectivity index (χ1) is 7.81. The second-order valence-electron chi connectivity index (χ2n) is 4.95. The Hall–Kier alpha value is -0.540. The molecule has 1 N–H and O–H groups in total. The molecule has 3 rings (SSSR count). The number of hydrogen-bond donors (Lipinski definition) is 1. The average Bonchev–Trinajstić information content (AvgIpc) is 3.05. The van der Waals surface area contributed by atoms with Gasteiger partial charge in [-0.1, -0.05) is 11.6 Å². The predicted octanol–water partition coefficient (Wildman–Crippen LogP) is 2.51. The van der Waals surface area contributed by atoms with Crippen LogP contribution in [0.15, 0.2) is 0 Å². The lowest BCUT2D eigenvalue weighted by atomic mass is 10.0. The summed E-state index contributed by atoms with van der Waals surface area (Å²) in [6.07, 6.45) is 6.09. The summed E-state index contributed by atoms with van der Waals surface area (Å²) in [6, 6.07) is 0.501. The van der Waals surface area contributed by atoms with E-state index in [-0.39, 0.29) is 0 Å². The van der Waals surface area contributed by atoms with E-state index in [9.17, 15) is 0 Å². The van der Waals surface area contributed by atoms with Gasteiger partial charge in [0.25, 0.3) is 0 Å². The minimum atomic E-state index is 0.501. The van der Waals surface area contributed by atoms with Crippen LogP contribution in [-0.4, -0.2) is 23.1 Å². The van der Waals surface area contributed by atoms with Crippen LogP contribution in [-0.2, 0) is 6.42 Å². The highest BCUT2D eigenvalue weighted by molar-refractivity contribution is 6.30. The smallest absolute Gasteiger partial charge is 0.132 e. The third-order valence-electron chi connectivity index (χ3n) is 3.66. The monoisotopic (exact) mass is 239 g/mol. The molecule has 1 aromatic rings. The molecule has 2 heterocycles. The van der Waals surface area contributed by atoms with Gasteiger partial charge in [-0.05, 0) is 32.7 Å². The Bertz CT molecular complexity index is 395. The molecule has 0 spiro atoms. The van der Waals surface area contributed by atoms with Crippen molar-refractivity contribution in [3.05, 3.63) is 16.7 Å². The maximum Gasteiger partial charge on any atom is 0.132 e. The van der Waals surface area contributed by atoms with Crippen molar-refractivity contribution in [1.82, 2.24) is 14.9 Å². The van der Waals surface area contributed by atoms with Crippen LogP contribution in [0.25, 0.3) is 0 Å². The molecular formula is C12H18ClN3. The number of nitrogens with one attached hydrogen (secondary N) is 1. The maximum atomic E-state index is 6.48. The third-order valence-corrected chi connectivity index (χ3v) is 4.03. The van der Waals surface area contributed by atoms with Crippen LogP contribution in [0.2, 0.25) is 5.15 Å². The van der Waals surface area contributed by atoms with Crippen molar-refractivity contribution < 1.29 is 0 Å². The van der Waals surface area contributed by atoms with Gasteiger partial charge in [-0.15, -0.1) is 0 Å². The van der Waals surface area contributed by atoms with Gasteiger partial charge in [-0.3, -0.25) is 0 Å². The molecule has 0 saturated heterocycles. The van der Waals surface area contributed by atoms with E-state index in [4.69, 9.17) is 16.6 Å². The van der Waals surface area contributed by atoms with E-state index in [1.165, 1.54) is 37.2 Å². The number of imidazole rings is 1. The molecule has 0 aromatic carbocycles. The molecular weight excluding hydrogens is 222 g/mol. The lowest BCUT2D eigenvalue weighted by Crippen LogP contribution is -2.27. The molecule has 1 saturated carbocycles. The zero-order valence-electron chi connectivity index (χ0n) is 9.67. The Labute approximate surface area is 101 Å². The van der Waals surface area contributed by atoms with Crippen molar-refractivity contribution in [2.75, 3.05) is 13.6 Å². The first-order valence-electron chi connectivity index (χ1n) is 6.22. The number of rotatable bonds is 3. The van der Waals surface area contributed by atoms with Gasteiger partial charge < -0.3 is 9.88 Å². The first-order valence-corrected chi connectivity index (χ1v) is 6.60. The van der Waals surface area contributed by atoms with Crippen LogP contribution in [0.4, 0.5) is 0 Å². The van der Waals surface area contributed by atoms with Crippen LogP contribution in [0, 0.1) is 0 Å². The molecule has 0 bridgehead atoms. The molecule has 1 fully saturated rings. The zero-order chi connectivity index (χ0) is 11.1. The quantitative estimate of drug-likeness (QED) is 0.879. The molecule has 4 heteroatoms. The fourth-order valence-electron chi connectivity index (χ4n) is 2.69. The number of fused-ring (bicyclic) bond motifs is 1. The summed E-state index contributed by atoms with van der Waals surface area (Å²) in [7, 11) is 2.00. The number of aryl methyl sites for hydroxylation is 1.